The molecule has 1 heterocycles. The van der Waals surface area contributed by atoms with Crippen molar-refractivity contribution in [3.8, 4) is 0 Å². The van der Waals surface area contributed by atoms with E-state index in [-0.39, 0.29) is 0 Å². The molecule has 2 aromatic rings. The van der Waals surface area contributed by atoms with Gasteiger partial charge in [0, 0.05) is 18.0 Å². The van der Waals surface area contributed by atoms with Crippen molar-refractivity contribution in [2.75, 3.05) is 0 Å². The molecule has 0 unspecified atom stereocenters. The van der Waals surface area contributed by atoms with Crippen molar-refractivity contribution in [1.29, 1.82) is 0 Å². The molecule has 0 saturated carbocycles. The maximum atomic E-state index is 6.08. The minimum atomic E-state index is 0.592. The van der Waals surface area contributed by atoms with E-state index in [1.165, 1.54) is 0 Å². The van der Waals surface area contributed by atoms with Crippen molar-refractivity contribution in [3.05, 3.63) is 35.5 Å². The van der Waals surface area contributed by atoms with Crippen LogP contribution in [-0.2, 0) is 0 Å². The van der Waals surface area contributed by atoms with Crippen LogP contribution >= 0.6 is 11.6 Å². The van der Waals surface area contributed by atoms with Crippen LogP contribution in [0, 0.1) is 0 Å². The molecule has 0 amide bonds. The molecule has 1 aromatic heterocycles. The highest BCUT2D eigenvalue weighted by atomic mass is 35.5. The van der Waals surface area contributed by atoms with E-state index in [4.69, 9.17) is 17.3 Å². The van der Waals surface area contributed by atoms with Crippen molar-refractivity contribution in [1.82, 2.24) is 4.98 Å². The Labute approximate surface area is 99.0 Å². The van der Waals surface area contributed by atoms with Crippen LogP contribution in [-0.4, -0.2) is 10.8 Å². The first-order valence-corrected chi connectivity index (χ1v) is 5.46. The van der Waals surface area contributed by atoms with Gasteiger partial charge in [-0.05, 0) is 24.3 Å². The molecule has 82 valence electrons. The minimum Gasteiger partial charge on any atom is -0.387 e. The van der Waals surface area contributed by atoms with Crippen molar-refractivity contribution >= 4 is 34.0 Å². The fraction of sp³-hybridized carbons (Fsp3) is 0.167. The Kier molecular flexibility index (Phi) is 3.06. The Morgan fingerprint density at radius 1 is 1.44 bits per heavy atom. The summed E-state index contributed by atoms with van der Waals surface area (Å²) in [6.07, 6.45) is 2.44. The highest BCUT2D eigenvalue weighted by Crippen LogP contribution is 2.29. The summed E-state index contributed by atoms with van der Waals surface area (Å²) in [6, 6.07) is 7.42. The number of halogens is 1. The Morgan fingerprint density at radius 3 is 3.00 bits per heavy atom. The zero-order valence-corrected chi connectivity index (χ0v) is 9.70. The Morgan fingerprint density at radius 2 is 2.25 bits per heavy atom. The standard InChI is InChI=1S/C12H12ClN3/c1-2-11(14)16-10-6-5-9(13)8-4-3-7-15-12(8)10/h3-7H,2H2,1H3,(H2,14,16). The lowest BCUT2D eigenvalue weighted by Gasteiger charge is -2.03. The van der Waals surface area contributed by atoms with Gasteiger partial charge in [0.25, 0.3) is 0 Å². The number of hydrogen-bond donors (Lipinski definition) is 1. The second-order valence-electron chi connectivity index (χ2n) is 3.42. The van der Waals surface area contributed by atoms with Crippen LogP contribution in [0.5, 0.6) is 0 Å². The molecule has 0 bridgehead atoms. The smallest absolute Gasteiger partial charge is 0.0994 e. The maximum Gasteiger partial charge on any atom is 0.0994 e. The molecule has 0 radical (unpaired) electrons. The number of amidine groups is 1. The van der Waals surface area contributed by atoms with Crippen LogP contribution in [0.25, 0.3) is 10.9 Å². The largest absolute Gasteiger partial charge is 0.387 e. The van der Waals surface area contributed by atoms with E-state index < -0.39 is 0 Å². The molecule has 0 saturated heterocycles. The van der Waals surface area contributed by atoms with Gasteiger partial charge in [0.2, 0.25) is 0 Å². The van der Waals surface area contributed by atoms with Gasteiger partial charge < -0.3 is 5.73 Å². The normalized spacial score (nSPS) is 12.0. The highest BCUT2D eigenvalue weighted by Gasteiger charge is 2.04. The Balaban J connectivity index is 2.68. The lowest BCUT2D eigenvalue weighted by atomic mass is 10.2. The lowest BCUT2D eigenvalue weighted by molar-refractivity contribution is 1.24. The molecule has 4 heteroatoms. The van der Waals surface area contributed by atoms with Crippen molar-refractivity contribution < 1.29 is 0 Å². The molecule has 1 aromatic carbocycles. The summed E-state index contributed by atoms with van der Waals surface area (Å²) in [7, 11) is 0. The van der Waals surface area contributed by atoms with Gasteiger partial charge in [0.1, 0.15) is 0 Å². The fourth-order valence-electron chi connectivity index (χ4n) is 1.45. The topological polar surface area (TPSA) is 51.3 Å². The monoisotopic (exact) mass is 233 g/mol. The number of rotatable bonds is 2. The molecule has 0 aliphatic heterocycles. The van der Waals surface area contributed by atoms with Crippen molar-refractivity contribution in [3.63, 3.8) is 0 Å². The fourth-order valence-corrected chi connectivity index (χ4v) is 1.66. The highest BCUT2D eigenvalue weighted by molar-refractivity contribution is 6.35. The predicted molar refractivity (Wildman–Crippen MR) is 68.3 cm³/mol. The summed E-state index contributed by atoms with van der Waals surface area (Å²) in [5.41, 5.74) is 7.27. The van der Waals surface area contributed by atoms with Crippen LogP contribution in [0.4, 0.5) is 5.69 Å². The molecular weight excluding hydrogens is 222 g/mol. The molecule has 0 fully saturated rings. The van der Waals surface area contributed by atoms with Gasteiger partial charge >= 0.3 is 0 Å². The third-order valence-electron chi connectivity index (χ3n) is 2.32. The van der Waals surface area contributed by atoms with E-state index in [0.29, 0.717) is 10.9 Å². The zero-order chi connectivity index (χ0) is 11.5. The minimum absolute atomic E-state index is 0.592. The van der Waals surface area contributed by atoms with Crippen molar-refractivity contribution in [2.45, 2.75) is 13.3 Å². The first-order valence-electron chi connectivity index (χ1n) is 5.08. The van der Waals surface area contributed by atoms with Gasteiger partial charge in [-0.1, -0.05) is 18.5 Å². The zero-order valence-electron chi connectivity index (χ0n) is 8.94. The SMILES string of the molecule is CCC(N)=Nc1ccc(Cl)c2cccnc12. The third-order valence-corrected chi connectivity index (χ3v) is 2.65. The van der Waals surface area contributed by atoms with Crippen molar-refractivity contribution in [2.24, 2.45) is 10.7 Å². The summed E-state index contributed by atoms with van der Waals surface area (Å²) in [6.45, 7) is 1.96. The van der Waals surface area contributed by atoms with E-state index in [1.807, 2.05) is 31.2 Å². The predicted octanol–water partition coefficient (Wildman–Crippen LogP) is 3.29. The lowest BCUT2D eigenvalue weighted by Crippen LogP contribution is -2.08. The first kappa shape index (κ1) is 10.9. The molecule has 0 aliphatic rings. The molecule has 16 heavy (non-hydrogen) atoms. The van der Waals surface area contributed by atoms with E-state index in [9.17, 15) is 0 Å². The van der Waals surface area contributed by atoms with Crippen LogP contribution in [0.15, 0.2) is 35.5 Å². The van der Waals surface area contributed by atoms with E-state index in [1.54, 1.807) is 6.20 Å². The van der Waals surface area contributed by atoms with Gasteiger partial charge in [-0.15, -0.1) is 0 Å². The number of nitrogens with zero attached hydrogens (tertiary/aromatic N) is 2. The van der Waals surface area contributed by atoms with E-state index in [2.05, 4.69) is 9.98 Å². The van der Waals surface area contributed by atoms with Gasteiger partial charge in [0.15, 0.2) is 0 Å². The number of nitrogens with two attached hydrogens (primary N) is 1. The first-order chi connectivity index (χ1) is 7.72. The van der Waals surface area contributed by atoms with Crippen LogP contribution in [0.2, 0.25) is 5.02 Å². The summed E-state index contributed by atoms with van der Waals surface area (Å²) in [4.78, 5) is 8.60. The quantitative estimate of drug-likeness (QED) is 0.639. The second-order valence-corrected chi connectivity index (χ2v) is 3.83. The third kappa shape index (κ3) is 1.99. The summed E-state index contributed by atoms with van der Waals surface area (Å²) in [5, 5.41) is 1.58. The van der Waals surface area contributed by atoms with E-state index >= 15 is 0 Å². The molecule has 3 nitrogen and oxygen atoms in total. The van der Waals surface area contributed by atoms with Gasteiger partial charge in [-0.3, -0.25) is 4.98 Å². The van der Waals surface area contributed by atoms with Gasteiger partial charge in [-0.2, -0.15) is 0 Å². The number of aliphatic imine (C=N–C) groups is 1. The number of benzene rings is 1. The van der Waals surface area contributed by atoms with Crippen LogP contribution in [0.3, 0.4) is 0 Å². The maximum absolute atomic E-state index is 6.08. The van der Waals surface area contributed by atoms with Crippen LogP contribution < -0.4 is 5.73 Å². The molecule has 0 aliphatic carbocycles. The number of fused-ring (bicyclic) bond motifs is 1. The molecule has 0 spiro atoms. The number of hydrogen-bond acceptors (Lipinski definition) is 2. The molecule has 2 rings (SSSR count). The summed E-state index contributed by atoms with van der Waals surface area (Å²) in [5.74, 6) is 0.592. The Hall–Kier alpha value is -1.61. The molecule has 0 atom stereocenters. The summed E-state index contributed by atoms with van der Waals surface area (Å²) < 4.78 is 0. The average molecular weight is 234 g/mol. The Bertz CT molecular complexity index is 549. The number of aromatic nitrogens is 1. The van der Waals surface area contributed by atoms with Gasteiger partial charge in [-0.25, -0.2) is 4.99 Å². The average Bonchev–Trinajstić information content (AvgIpc) is 2.33. The van der Waals surface area contributed by atoms with E-state index in [0.717, 1.165) is 23.0 Å². The molecule has 2 N–H and O–H groups in total. The molecular formula is C12H12ClN3. The summed E-state index contributed by atoms with van der Waals surface area (Å²) >= 11 is 6.08. The number of pyridine rings is 1. The second kappa shape index (κ2) is 4.49. The van der Waals surface area contributed by atoms with Gasteiger partial charge in [0.05, 0.1) is 22.1 Å². The van der Waals surface area contributed by atoms with Crippen LogP contribution in [0.1, 0.15) is 13.3 Å².